The summed E-state index contributed by atoms with van der Waals surface area (Å²) in [4.78, 5) is 21.7. The van der Waals surface area contributed by atoms with Crippen LogP contribution in [0.15, 0.2) is 47.0 Å². The van der Waals surface area contributed by atoms with Gasteiger partial charge in [-0.2, -0.15) is 4.98 Å². The van der Waals surface area contributed by atoms with Gasteiger partial charge in [-0.3, -0.25) is 4.79 Å². The summed E-state index contributed by atoms with van der Waals surface area (Å²) in [6.07, 6.45) is 6.32. The van der Waals surface area contributed by atoms with Gasteiger partial charge in [0.05, 0.1) is 0 Å². The molecule has 0 N–H and O–H groups in total. The Morgan fingerprint density at radius 1 is 1.00 bits per heavy atom. The normalized spacial score (nSPS) is 18.4. The molecular formula is C32H36N6O3S. The average Bonchev–Trinajstić information content (AvgIpc) is 3.34. The molecular weight excluding hydrogens is 548 g/mol. The van der Waals surface area contributed by atoms with Crippen LogP contribution in [0.1, 0.15) is 80.6 Å². The third-order valence-electron chi connectivity index (χ3n) is 8.51. The molecule has 42 heavy (non-hydrogen) atoms. The summed E-state index contributed by atoms with van der Waals surface area (Å²) >= 11 is 1.61. The third kappa shape index (κ3) is 5.83. The highest BCUT2D eigenvalue weighted by molar-refractivity contribution is 7.14. The molecule has 1 aliphatic carbocycles. The van der Waals surface area contributed by atoms with Gasteiger partial charge in [0.1, 0.15) is 21.5 Å². The molecule has 1 amide bonds. The number of carbonyl (C=O) groups is 1. The van der Waals surface area contributed by atoms with E-state index in [1.807, 2.05) is 47.4 Å². The number of rotatable bonds is 9. The van der Waals surface area contributed by atoms with E-state index in [1.54, 1.807) is 11.3 Å². The van der Waals surface area contributed by atoms with Gasteiger partial charge in [0, 0.05) is 54.1 Å². The maximum absolute atomic E-state index is 12.4. The first-order chi connectivity index (χ1) is 20.5. The van der Waals surface area contributed by atoms with Crippen molar-refractivity contribution in [3.05, 3.63) is 58.9 Å². The SMILES string of the molecule is CC(C)c1nnc(-c2ccc(Oc3cc(-c4nc(C5CCN(C6CC6)CC5)no4)ccc3CN3CCCC3=O)cc2)s1. The minimum Gasteiger partial charge on any atom is -0.457 e. The summed E-state index contributed by atoms with van der Waals surface area (Å²) in [7, 11) is 0. The topological polar surface area (TPSA) is 97.5 Å². The zero-order valence-corrected chi connectivity index (χ0v) is 25.0. The molecule has 4 aromatic rings. The number of carbonyl (C=O) groups excluding carboxylic acids is 1. The second-order valence-corrected chi connectivity index (χ2v) is 13.0. The van der Waals surface area contributed by atoms with Crippen LogP contribution in [-0.4, -0.2) is 61.7 Å². The third-order valence-corrected chi connectivity index (χ3v) is 9.78. The van der Waals surface area contributed by atoms with Gasteiger partial charge in [0.25, 0.3) is 5.89 Å². The monoisotopic (exact) mass is 584 g/mol. The molecule has 0 radical (unpaired) electrons. The Morgan fingerprint density at radius 3 is 2.48 bits per heavy atom. The first-order valence-corrected chi connectivity index (χ1v) is 15.9. The Bertz CT molecular complexity index is 1550. The van der Waals surface area contributed by atoms with Gasteiger partial charge in [-0.15, -0.1) is 10.2 Å². The Morgan fingerprint density at radius 2 is 1.79 bits per heavy atom. The van der Waals surface area contributed by atoms with E-state index in [0.29, 0.717) is 42.2 Å². The highest BCUT2D eigenvalue weighted by atomic mass is 32.1. The first kappa shape index (κ1) is 27.2. The Kier molecular flexibility index (Phi) is 7.50. The Labute approximate surface area is 249 Å². The van der Waals surface area contributed by atoms with Crippen LogP contribution in [0.3, 0.4) is 0 Å². The van der Waals surface area contributed by atoms with Gasteiger partial charge in [-0.1, -0.05) is 36.4 Å². The highest BCUT2D eigenvalue weighted by Crippen LogP contribution is 2.36. The van der Waals surface area contributed by atoms with Crippen molar-refractivity contribution in [2.24, 2.45) is 0 Å². The van der Waals surface area contributed by atoms with Crippen molar-refractivity contribution in [3.63, 3.8) is 0 Å². The van der Waals surface area contributed by atoms with Crippen LogP contribution >= 0.6 is 11.3 Å². The lowest BCUT2D eigenvalue weighted by Gasteiger charge is -2.30. The maximum Gasteiger partial charge on any atom is 0.258 e. The maximum atomic E-state index is 12.4. The van der Waals surface area contributed by atoms with E-state index in [1.165, 1.54) is 12.8 Å². The second-order valence-electron chi connectivity index (χ2n) is 12.0. The van der Waals surface area contributed by atoms with E-state index in [9.17, 15) is 4.79 Å². The molecule has 218 valence electrons. The number of ether oxygens (including phenoxy) is 1. The van der Waals surface area contributed by atoms with Crippen LogP contribution in [0, 0.1) is 0 Å². The fourth-order valence-electron chi connectivity index (χ4n) is 5.85. The predicted octanol–water partition coefficient (Wildman–Crippen LogP) is 6.64. The molecule has 0 bridgehead atoms. The van der Waals surface area contributed by atoms with Gasteiger partial charge in [-0.25, -0.2) is 0 Å². The van der Waals surface area contributed by atoms with Gasteiger partial charge in [-0.05, 0) is 81.6 Å². The van der Waals surface area contributed by atoms with Crippen LogP contribution < -0.4 is 4.74 Å². The molecule has 0 atom stereocenters. The van der Waals surface area contributed by atoms with Crippen LogP contribution in [0.2, 0.25) is 0 Å². The molecule has 9 nitrogen and oxygen atoms in total. The Balaban J connectivity index is 1.12. The summed E-state index contributed by atoms with van der Waals surface area (Å²) in [5.41, 5.74) is 2.75. The van der Waals surface area contributed by atoms with Gasteiger partial charge in [0.15, 0.2) is 5.82 Å². The molecule has 2 aliphatic heterocycles. The lowest BCUT2D eigenvalue weighted by atomic mass is 9.96. The number of benzene rings is 2. The largest absolute Gasteiger partial charge is 0.457 e. The van der Waals surface area contributed by atoms with Gasteiger partial charge >= 0.3 is 0 Å². The van der Waals surface area contributed by atoms with Gasteiger partial charge in [0.2, 0.25) is 5.91 Å². The van der Waals surface area contributed by atoms with Crippen molar-refractivity contribution in [2.45, 2.75) is 76.8 Å². The van der Waals surface area contributed by atoms with Crippen molar-refractivity contribution < 1.29 is 14.1 Å². The molecule has 2 aromatic heterocycles. The smallest absolute Gasteiger partial charge is 0.258 e. The minimum atomic E-state index is 0.182. The van der Waals surface area contributed by atoms with Crippen molar-refractivity contribution in [1.82, 2.24) is 30.1 Å². The molecule has 7 rings (SSSR count). The summed E-state index contributed by atoms with van der Waals surface area (Å²) in [6.45, 7) is 7.73. The number of piperidine rings is 1. The summed E-state index contributed by atoms with van der Waals surface area (Å²) in [5, 5.41) is 15.0. The fraction of sp³-hybridized carbons (Fsp3) is 0.469. The molecule has 2 saturated heterocycles. The van der Waals surface area contributed by atoms with E-state index in [4.69, 9.17) is 14.2 Å². The van der Waals surface area contributed by atoms with Crippen molar-refractivity contribution >= 4 is 17.2 Å². The molecule has 4 heterocycles. The predicted molar refractivity (Wildman–Crippen MR) is 160 cm³/mol. The van der Waals surface area contributed by atoms with Crippen LogP contribution in [0.25, 0.3) is 22.0 Å². The molecule has 1 saturated carbocycles. The minimum absolute atomic E-state index is 0.182. The molecule has 3 aliphatic rings. The van der Waals surface area contributed by atoms with Crippen LogP contribution in [0.4, 0.5) is 0 Å². The van der Waals surface area contributed by atoms with E-state index >= 15 is 0 Å². The molecule has 0 unspecified atom stereocenters. The lowest BCUT2D eigenvalue weighted by Crippen LogP contribution is -2.34. The van der Waals surface area contributed by atoms with E-state index in [0.717, 1.165) is 77.5 Å². The quantitative estimate of drug-likeness (QED) is 0.216. The Hall–Kier alpha value is -3.63. The van der Waals surface area contributed by atoms with E-state index in [-0.39, 0.29) is 5.91 Å². The number of nitrogens with zero attached hydrogens (tertiary/aromatic N) is 6. The van der Waals surface area contributed by atoms with E-state index < -0.39 is 0 Å². The number of hydrogen-bond acceptors (Lipinski definition) is 9. The van der Waals surface area contributed by atoms with Crippen molar-refractivity contribution in [2.75, 3.05) is 19.6 Å². The number of hydrogen-bond donors (Lipinski definition) is 0. The van der Waals surface area contributed by atoms with Crippen molar-refractivity contribution in [3.8, 4) is 33.5 Å². The summed E-state index contributed by atoms with van der Waals surface area (Å²) in [5.74, 6) is 3.53. The summed E-state index contributed by atoms with van der Waals surface area (Å²) < 4.78 is 12.2. The number of likely N-dealkylation sites (tertiary alicyclic amines) is 2. The number of amides is 1. The van der Waals surface area contributed by atoms with Crippen molar-refractivity contribution in [1.29, 1.82) is 0 Å². The van der Waals surface area contributed by atoms with Gasteiger partial charge < -0.3 is 19.1 Å². The molecule has 3 fully saturated rings. The standard InChI is InChI=1S/C32H36N6O3S/c1-20(2)31-34-35-32(42-31)22-7-11-26(12-8-22)40-27-18-23(5-6-24(27)19-38-15-3-4-28(38)39)30-33-29(36-41-30)21-13-16-37(17-14-21)25-9-10-25/h5-8,11-12,18,20-21,25H,3-4,9-10,13-17,19H2,1-2H3. The first-order valence-electron chi connectivity index (χ1n) is 15.1. The second kappa shape index (κ2) is 11.6. The fourth-order valence-corrected chi connectivity index (χ4v) is 6.70. The summed E-state index contributed by atoms with van der Waals surface area (Å²) in [6, 6.07) is 14.7. The lowest BCUT2D eigenvalue weighted by molar-refractivity contribution is -0.128. The molecule has 2 aromatic carbocycles. The van der Waals surface area contributed by atoms with Crippen LogP contribution in [0.5, 0.6) is 11.5 Å². The molecule has 0 spiro atoms. The highest BCUT2D eigenvalue weighted by Gasteiger charge is 2.33. The average molecular weight is 585 g/mol. The molecule has 10 heteroatoms. The van der Waals surface area contributed by atoms with Crippen LogP contribution in [-0.2, 0) is 11.3 Å². The zero-order chi connectivity index (χ0) is 28.6. The number of aromatic nitrogens is 4. The zero-order valence-electron chi connectivity index (χ0n) is 24.2. The van der Waals surface area contributed by atoms with E-state index in [2.05, 4.69) is 34.1 Å².